The monoisotopic (exact) mass is 248 g/mol. The molecule has 2 heterocycles. The van der Waals surface area contributed by atoms with Gasteiger partial charge in [0.2, 0.25) is 11.6 Å². The first kappa shape index (κ1) is 12.2. The minimum Gasteiger partial charge on any atom is -0.374 e. The van der Waals surface area contributed by atoms with Crippen LogP contribution in [0.1, 0.15) is 34.6 Å². The number of nitrogens with zero attached hydrogens (tertiary/aromatic N) is 2. The maximum absolute atomic E-state index is 12.1. The highest BCUT2D eigenvalue weighted by Gasteiger charge is 2.45. The highest BCUT2D eigenvalue weighted by molar-refractivity contribution is 6.20. The number of aromatic amines is 2. The third-order valence-electron chi connectivity index (χ3n) is 2.69. The molecule has 0 unspecified atom stereocenters. The molecule has 2 aromatic rings. The van der Waals surface area contributed by atoms with Gasteiger partial charge < -0.3 is 15.1 Å². The Kier molecular flexibility index (Phi) is 3.07. The van der Waals surface area contributed by atoms with E-state index in [2.05, 4.69) is 19.9 Å². The Morgan fingerprint density at radius 3 is 1.89 bits per heavy atom. The molecule has 0 radical (unpaired) electrons. The molecular weight excluding hydrogens is 236 g/mol. The molecule has 0 saturated carbocycles. The Hall–Kier alpha value is -2.28. The minimum absolute atomic E-state index is 0.0562. The van der Waals surface area contributed by atoms with Crippen LogP contribution in [0.3, 0.4) is 0 Å². The first-order valence-electron chi connectivity index (χ1n) is 5.40. The van der Waals surface area contributed by atoms with Gasteiger partial charge in [0.25, 0.3) is 0 Å². The van der Waals surface area contributed by atoms with Gasteiger partial charge in [-0.05, 0) is 6.42 Å². The van der Waals surface area contributed by atoms with Crippen LogP contribution >= 0.6 is 0 Å². The number of carbonyl (C=O) groups is 2. The van der Waals surface area contributed by atoms with Gasteiger partial charge in [-0.15, -0.1) is 0 Å². The lowest BCUT2D eigenvalue weighted by Gasteiger charge is -2.21. The van der Waals surface area contributed by atoms with E-state index in [0.29, 0.717) is 0 Å². The van der Waals surface area contributed by atoms with Crippen LogP contribution in [0.15, 0.2) is 24.8 Å². The van der Waals surface area contributed by atoms with Crippen LogP contribution in [-0.2, 0) is 0 Å². The van der Waals surface area contributed by atoms with E-state index in [1.807, 2.05) is 0 Å². The molecule has 0 bridgehead atoms. The Morgan fingerprint density at radius 2 is 1.61 bits per heavy atom. The summed E-state index contributed by atoms with van der Waals surface area (Å²) in [6, 6.07) is 0. The molecule has 2 rings (SSSR count). The second-order valence-electron chi connectivity index (χ2n) is 3.75. The molecule has 0 aliphatic carbocycles. The number of carbonyl (C=O) groups excluding carboxylic acids is 2. The summed E-state index contributed by atoms with van der Waals surface area (Å²) in [5.74, 6) is -1.65. The third-order valence-corrected chi connectivity index (χ3v) is 2.69. The number of H-pyrrole nitrogens is 2. The Morgan fingerprint density at radius 1 is 1.17 bits per heavy atom. The minimum atomic E-state index is -2.16. The van der Waals surface area contributed by atoms with Crippen LogP contribution in [0.5, 0.6) is 0 Å². The first-order valence-corrected chi connectivity index (χ1v) is 5.40. The Balaban J connectivity index is 2.36. The summed E-state index contributed by atoms with van der Waals surface area (Å²) < 4.78 is 0. The number of ketones is 2. The highest BCUT2D eigenvalue weighted by atomic mass is 16.3. The summed E-state index contributed by atoms with van der Waals surface area (Å²) in [5, 5.41) is 10.3. The van der Waals surface area contributed by atoms with E-state index in [0.717, 1.165) is 0 Å². The normalized spacial score (nSPS) is 11.4. The number of nitrogens with one attached hydrogen (secondary N) is 2. The molecule has 0 aliphatic heterocycles. The zero-order valence-corrected chi connectivity index (χ0v) is 9.67. The largest absolute Gasteiger partial charge is 0.374 e. The van der Waals surface area contributed by atoms with E-state index in [4.69, 9.17) is 0 Å². The van der Waals surface area contributed by atoms with Crippen molar-refractivity contribution in [3.63, 3.8) is 0 Å². The lowest BCUT2D eigenvalue weighted by molar-refractivity contribution is 0.0267. The average Bonchev–Trinajstić information content (AvgIpc) is 3.07. The smallest absolute Gasteiger partial charge is 0.237 e. The standard InChI is InChI=1S/C11H12N4O3/c1-2-11(18,7(16)9-12-3-4-13-9)8(17)10-14-5-6-15-10/h3-6,18H,2H2,1H3,(H,12,13)(H,14,15). The van der Waals surface area contributed by atoms with Crippen molar-refractivity contribution in [3.05, 3.63) is 36.4 Å². The fraction of sp³-hybridized carbons (Fsp3) is 0.273. The summed E-state index contributed by atoms with van der Waals surface area (Å²) in [5.41, 5.74) is -2.16. The number of Topliss-reactive ketones (excluding diaryl/α,β-unsaturated/α-hetero) is 2. The molecule has 0 saturated heterocycles. The van der Waals surface area contributed by atoms with Crippen molar-refractivity contribution < 1.29 is 14.7 Å². The molecule has 94 valence electrons. The van der Waals surface area contributed by atoms with Gasteiger partial charge in [0.05, 0.1) is 0 Å². The lowest BCUT2D eigenvalue weighted by atomic mass is 9.89. The fourth-order valence-corrected chi connectivity index (χ4v) is 1.59. The predicted octanol–water partition coefficient (Wildman–Crippen LogP) is 0.339. The van der Waals surface area contributed by atoms with Gasteiger partial charge in [-0.1, -0.05) is 6.92 Å². The summed E-state index contributed by atoms with van der Waals surface area (Å²) in [4.78, 5) is 36.8. The Bertz CT molecular complexity index is 499. The van der Waals surface area contributed by atoms with Gasteiger partial charge in [0.1, 0.15) is 0 Å². The maximum atomic E-state index is 12.1. The van der Waals surface area contributed by atoms with E-state index in [1.165, 1.54) is 24.8 Å². The van der Waals surface area contributed by atoms with Gasteiger partial charge in [0.15, 0.2) is 17.2 Å². The second kappa shape index (κ2) is 4.53. The summed E-state index contributed by atoms with van der Waals surface area (Å²) in [6.07, 6.45) is 5.58. The van der Waals surface area contributed by atoms with Crippen molar-refractivity contribution >= 4 is 11.6 Å². The zero-order chi connectivity index (χ0) is 13.2. The molecule has 0 spiro atoms. The predicted molar refractivity (Wildman–Crippen MR) is 61.1 cm³/mol. The lowest BCUT2D eigenvalue weighted by Crippen LogP contribution is -2.47. The molecule has 2 aromatic heterocycles. The van der Waals surface area contributed by atoms with Gasteiger partial charge in [-0.2, -0.15) is 0 Å². The van der Waals surface area contributed by atoms with Crippen LogP contribution in [0.2, 0.25) is 0 Å². The number of imidazole rings is 2. The van der Waals surface area contributed by atoms with Gasteiger partial charge in [-0.25, -0.2) is 9.97 Å². The van der Waals surface area contributed by atoms with Gasteiger partial charge in [0, 0.05) is 24.8 Å². The van der Waals surface area contributed by atoms with E-state index >= 15 is 0 Å². The molecule has 0 fully saturated rings. The summed E-state index contributed by atoms with van der Waals surface area (Å²) in [7, 11) is 0. The van der Waals surface area contributed by atoms with E-state index in [1.54, 1.807) is 6.92 Å². The van der Waals surface area contributed by atoms with E-state index in [9.17, 15) is 14.7 Å². The van der Waals surface area contributed by atoms with E-state index < -0.39 is 17.2 Å². The molecule has 0 aliphatic rings. The second-order valence-corrected chi connectivity index (χ2v) is 3.75. The topological polar surface area (TPSA) is 112 Å². The number of aromatic nitrogens is 4. The number of hydrogen-bond donors (Lipinski definition) is 3. The van der Waals surface area contributed by atoms with E-state index in [-0.39, 0.29) is 18.1 Å². The van der Waals surface area contributed by atoms with Crippen molar-refractivity contribution in [1.29, 1.82) is 0 Å². The molecule has 0 atom stereocenters. The van der Waals surface area contributed by atoms with Gasteiger partial charge >= 0.3 is 0 Å². The van der Waals surface area contributed by atoms with Gasteiger partial charge in [-0.3, -0.25) is 9.59 Å². The first-order chi connectivity index (χ1) is 8.59. The summed E-state index contributed by atoms with van der Waals surface area (Å²) >= 11 is 0. The van der Waals surface area contributed by atoms with Crippen molar-refractivity contribution in [3.8, 4) is 0 Å². The number of aliphatic hydroxyl groups is 1. The molecular formula is C11H12N4O3. The van der Waals surface area contributed by atoms with Crippen LogP contribution in [0.25, 0.3) is 0 Å². The van der Waals surface area contributed by atoms with Crippen molar-refractivity contribution in [2.45, 2.75) is 18.9 Å². The molecule has 3 N–H and O–H groups in total. The number of hydrogen-bond acceptors (Lipinski definition) is 5. The molecule has 7 heteroatoms. The Labute approximate surface area is 102 Å². The third kappa shape index (κ3) is 1.84. The molecule has 0 amide bonds. The van der Waals surface area contributed by atoms with Crippen molar-refractivity contribution in [2.75, 3.05) is 0 Å². The van der Waals surface area contributed by atoms with Crippen LogP contribution in [-0.4, -0.2) is 42.2 Å². The van der Waals surface area contributed by atoms with Crippen LogP contribution in [0, 0.1) is 0 Å². The average molecular weight is 248 g/mol. The number of rotatable bonds is 5. The van der Waals surface area contributed by atoms with Crippen molar-refractivity contribution in [1.82, 2.24) is 19.9 Å². The SMILES string of the molecule is CCC(O)(C(=O)c1ncc[nH]1)C(=O)c1ncc[nH]1. The van der Waals surface area contributed by atoms with Crippen LogP contribution in [0.4, 0.5) is 0 Å². The zero-order valence-electron chi connectivity index (χ0n) is 9.67. The fourth-order valence-electron chi connectivity index (χ4n) is 1.59. The summed E-state index contributed by atoms with van der Waals surface area (Å²) in [6.45, 7) is 1.54. The maximum Gasteiger partial charge on any atom is 0.237 e. The quantitative estimate of drug-likeness (QED) is 0.521. The molecule has 7 nitrogen and oxygen atoms in total. The molecule has 18 heavy (non-hydrogen) atoms. The highest BCUT2D eigenvalue weighted by Crippen LogP contribution is 2.19. The van der Waals surface area contributed by atoms with Crippen molar-refractivity contribution in [2.24, 2.45) is 0 Å². The molecule has 0 aromatic carbocycles. The van der Waals surface area contributed by atoms with Crippen LogP contribution < -0.4 is 0 Å².